The lowest BCUT2D eigenvalue weighted by Gasteiger charge is -2.30. The molecule has 0 saturated heterocycles. The molecule has 45 heavy (non-hydrogen) atoms. The van der Waals surface area contributed by atoms with E-state index in [1.165, 1.54) is 0 Å². The smallest absolute Gasteiger partial charge is 0.378 e. The van der Waals surface area contributed by atoms with Gasteiger partial charge >= 0.3 is 5.97 Å². The zero-order valence-corrected chi connectivity index (χ0v) is 26.2. The molecule has 8 heteroatoms. The summed E-state index contributed by atoms with van der Waals surface area (Å²) in [6, 6.07) is 49.6. The van der Waals surface area contributed by atoms with E-state index < -0.39 is 40.2 Å². The maximum Gasteiger partial charge on any atom is 0.378 e. The van der Waals surface area contributed by atoms with Gasteiger partial charge in [-0.2, -0.15) is 0 Å². The average molecular weight is 635 g/mol. The van der Waals surface area contributed by atoms with Crippen molar-refractivity contribution in [3.8, 4) is 0 Å². The van der Waals surface area contributed by atoms with E-state index in [4.69, 9.17) is 18.5 Å². The average Bonchev–Trinajstić information content (AvgIpc) is 3.39. The van der Waals surface area contributed by atoms with E-state index in [0.29, 0.717) is 0 Å². The summed E-state index contributed by atoms with van der Waals surface area (Å²) in [5.41, 5.74) is 0.886. The first-order valence-electron chi connectivity index (χ1n) is 14.6. The number of benzene rings is 5. The second kappa shape index (κ2) is 15.1. The van der Waals surface area contributed by atoms with Crippen LogP contribution >= 0.6 is 16.3 Å². The van der Waals surface area contributed by atoms with Crippen molar-refractivity contribution >= 4 is 43.5 Å². The predicted octanol–water partition coefficient (Wildman–Crippen LogP) is 6.40. The van der Waals surface area contributed by atoms with Crippen LogP contribution in [0.5, 0.6) is 0 Å². The minimum atomic E-state index is -1.37. The molecule has 0 unspecified atom stereocenters. The number of cyclic esters (lactones) is 1. The lowest BCUT2D eigenvalue weighted by atomic mass is 10.2. The third-order valence-electron chi connectivity index (χ3n) is 7.07. The molecule has 2 atom stereocenters. The lowest BCUT2D eigenvalue weighted by Crippen LogP contribution is -2.37. The van der Waals surface area contributed by atoms with Gasteiger partial charge in [0.25, 0.3) is 0 Å². The molecule has 0 amide bonds. The molecule has 0 aliphatic carbocycles. The highest BCUT2D eigenvalue weighted by atomic mass is 31.1. The molecule has 6 rings (SSSR count). The molecule has 0 fully saturated rings. The Balaban J connectivity index is 1.35. The molecule has 1 aliphatic rings. The Morgan fingerprint density at radius 3 is 1.51 bits per heavy atom. The number of rotatable bonds is 13. The van der Waals surface area contributed by atoms with E-state index in [-0.39, 0.29) is 19.0 Å². The molecule has 1 aliphatic heterocycles. The maximum atomic E-state index is 12.8. The van der Waals surface area contributed by atoms with Crippen LogP contribution < -0.4 is 21.2 Å². The first kappa shape index (κ1) is 30.7. The molecule has 5 aromatic rings. The molecule has 5 aromatic carbocycles. The van der Waals surface area contributed by atoms with E-state index in [2.05, 4.69) is 0 Å². The monoisotopic (exact) mass is 634 g/mol. The quantitative estimate of drug-likeness (QED) is 0.120. The Labute approximate surface area is 265 Å². The Bertz CT molecular complexity index is 1610. The SMILES string of the molecule is O=C1O[C@H]([C@@H](COP(c2ccccc2)c2ccccc2)OP(c2ccccc2)c2ccccc2)C(OCc2ccccc2)=C1O. The van der Waals surface area contributed by atoms with E-state index in [1.807, 2.05) is 152 Å². The van der Waals surface area contributed by atoms with Gasteiger partial charge in [-0.15, -0.1) is 0 Å². The van der Waals surface area contributed by atoms with Crippen molar-refractivity contribution < 1.29 is 28.4 Å². The fourth-order valence-corrected chi connectivity index (χ4v) is 8.52. The molecule has 1 N–H and O–H groups in total. The standard InChI is InChI=1S/C37H32O6P2/c38-34-36(40-26-28-16-6-1-7-17-28)35(42-37(34)39)33(43-45(31-22-12-4-13-23-31)32-24-14-5-15-25-32)27-41-44(29-18-8-2-9-19-29)30-20-10-3-11-21-30/h1-25,33,35,38H,26-27H2/t33-,35-/m1/s1. The number of ether oxygens (including phenoxy) is 2. The first-order chi connectivity index (χ1) is 22.2. The van der Waals surface area contributed by atoms with Crippen LogP contribution in [0.3, 0.4) is 0 Å². The summed E-state index contributed by atoms with van der Waals surface area (Å²) in [7, 11) is -2.61. The Morgan fingerprint density at radius 1 is 0.622 bits per heavy atom. The van der Waals surface area contributed by atoms with Crippen LogP contribution in [-0.2, 0) is 29.9 Å². The van der Waals surface area contributed by atoms with Crippen LogP contribution in [0, 0.1) is 0 Å². The second-order valence-corrected chi connectivity index (χ2v) is 13.9. The van der Waals surface area contributed by atoms with Gasteiger partial charge in [0.05, 0.1) is 22.9 Å². The number of esters is 1. The van der Waals surface area contributed by atoms with Crippen LogP contribution in [-0.4, -0.2) is 29.9 Å². The van der Waals surface area contributed by atoms with Crippen LogP contribution in [0.15, 0.2) is 163 Å². The minimum absolute atomic E-state index is 0.0391. The zero-order chi connectivity index (χ0) is 30.8. The minimum Gasteiger partial charge on any atom is -0.499 e. The molecule has 0 saturated carbocycles. The molecule has 0 radical (unpaired) electrons. The fourth-order valence-electron chi connectivity index (χ4n) is 4.87. The molecule has 1 heterocycles. The summed E-state index contributed by atoms with van der Waals surface area (Å²) in [4.78, 5) is 12.8. The molecule has 0 bridgehead atoms. The number of hydrogen-bond donors (Lipinski definition) is 1. The van der Waals surface area contributed by atoms with Crippen molar-refractivity contribution in [3.63, 3.8) is 0 Å². The van der Waals surface area contributed by atoms with Gasteiger partial charge in [0.2, 0.25) is 5.76 Å². The first-order valence-corrected chi connectivity index (χ1v) is 17.1. The van der Waals surface area contributed by atoms with Crippen LogP contribution in [0.2, 0.25) is 0 Å². The van der Waals surface area contributed by atoms with E-state index >= 15 is 0 Å². The van der Waals surface area contributed by atoms with Gasteiger partial charge in [-0.1, -0.05) is 152 Å². The summed E-state index contributed by atoms with van der Waals surface area (Å²) < 4.78 is 25.6. The topological polar surface area (TPSA) is 74.2 Å². The van der Waals surface area contributed by atoms with E-state index in [9.17, 15) is 9.90 Å². The van der Waals surface area contributed by atoms with Gasteiger partial charge in [0.1, 0.15) is 12.7 Å². The summed E-state index contributed by atoms with van der Waals surface area (Å²) >= 11 is 0. The predicted molar refractivity (Wildman–Crippen MR) is 180 cm³/mol. The number of aliphatic hydroxyl groups is 1. The normalized spacial score (nSPS) is 15.3. The fraction of sp³-hybridized carbons (Fsp3) is 0.108. The van der Waals surface area contributed by atoms with Crippen molar-refractivity contribution in [1.82, 2.24) is 0 Å². The molecule has 226 valence electrons. The van der Waals surface area contributed by atoms with Crippen LogP contribution in [0.4, 0.5) is 0 Å². The number of hydrogen-bond acceptors (Lipinski definition) is 6. The van der Waals surface area contributed by atoms with Gasteiger partial charge in [-0.05, 0) is 5.56 Å². The van der Waals surface area contributed by atoms with Gasteiger partial charge in [-0.25, -0.2) is 4.79 Å². The van der Waals surface area contributed by atoms with Gasteiger partial charge in [0.15, 0.2) is 11.9 Å². The molecular formula is C37H32O6P2. The van der Waals surface area contributed by atoms with Gasteiger partial charge < -0.3 is 23.6 Å². The van der Waals surface area contributed by atoms with Gasteiger partial charge in [0, 0.05) is 21.2 Å². The maximum absolute atomic E-state index is 12.8. The highest BCUT2D eigenvalue weighted by molar-refractivity contribution is 7.69. The highest BCUT2D eigenvalue weighted by Gasteiger charge is 2.44. The third kappa shape index (κ3) is 7.68. The van der Waals surface area contributed by atoms with Crippen molar-refractivity contribution in [3.05, 3.63) is 169 Å². The number of carbonyl (C=O) groups excluding carboxylic acids is 1. The van der Waals surface area contributed by atoms with E-state index in [1.54, 1.807) is 0 Å². The Hall–Kier alpha value is -4.31. The third-order valence-corrected chi connectivity index (χ3v) is 11.0. The summed E-state index contributed by atoms with van der Waals surface area (Å²) in [5, 5.41) is 14.9. The highest BCUT2D eigenvalue weighted by Crippen LogP contribution is 2.42. The Kier molecular flexibility index (Phi) is 10.3. The second-order valence-electron chi connectivity index (χ2n) is 10.2. The number of carbonyl (C=O) groups is 1. The summed E-state index contributed by atoms with van der Waals surface area (Å²) in [5.74, 6) is -1.37. The molecule has 0 spiro atoms. The summed E-state index contributed by atoms with van der Waals surface area (Å²) in [6.45, 7) is 0.214. The summed E-state index contributed by atoms with van der Waals surface area (Å²) in [6.07, 6.45) is -1.84. The van der Waals surface area contributed by atoms with Gasteiger partial charge in [-0.3, -0.25) is 0 Å². The van der Waals surface area contributed by atoms with Crippen LogP contribution in [0.25, 0.3) is 0 Å². The largest absolute Gasteiger partial charge is 0.499 e. The van der Waals surface area contributed by atoms with Crippen molar-refractivity contribution in [2.45, 2.75) is 18.8 Å². The van der Waals surface area contributed by atoms with Crippen molar-refractivity contribution in [2.75, 3.05) is 6.61 Å². The molecule has 6 nitrogen and oxygen atoms in total. The zero-order valence-electron chi connectivity index (χ0n) is 24.4. The number of aliphatic hydroxyl groups excluding tert-OH is 1. The lowest BCUT2D eigenvalue weighted by molar-refractivity contribution is -0.146. The molecular weight excluding hydrogens is 602 g/mol. The van der Waals surface area contributed by atoms with Crippen LogP contribution in [0.1, 0.15) is 5.56 Å². The van der Waals surface area contributed by atoms with E-state index in [0.717, 1.165) is 26.8 Å². The molecule has 0 aromatic heterocycles. The Morgan fingerprint density at radius 2 is 1.04 bits per heavy atom. The van der Waals surface area contributed by atoms with Crippen molar-refractivity contribution in [2.24, 2.45) is 0 Å². The van der Waals surface area contributed by atoms with Crippen molar-refractivity contribution in [1.29, 1.82) is 0 Å².